The molecule has 0 aliphatic heterocycles. The fourth-order valence-electron chi connectivity index (χ4n) is 5.51. The normalized spacial score (nSPS) is 44.8. The molecule has 0 spiro atoms. The van der Waals surface area contributed by atoms with Crippen LogP contribution in [0.15, 0.2) is 18.2 Å². The average molecular weight is 289 g/mol. The van der Waals surface area contributed by atoms with Crippen molar-refractivity contribution in [2.75, 3.05) is 0 Å². The lowest BCUT2D eigenvalue weighted by molar-refractivity contribution is -0.0365. The predicted molar refractivity (Wildman–Crippen MR) is 79.0 cm³/mol. The van der Waals surface area contributed by atoms with Crippen LogP contribution in [0.5, 0.6) is 5.75 Å². The number of alkyl halides is 1. The quantitative estimate of drug-likeness (QED) is 0.766. The summed E-state index contributed by atoms with van der Waals surface area (Å²) in [4.78, 5) is 0. The Bertz CT molecular complexity index is 572. The van der Waals surface area contributed by atoms with Crippen LogP contribution in [0.1, 0.15) is 49.7 Å². The molecule has 0 amide bonds. The van der Waals surface area contributed by atoms with Crippen molar-refractivity contribution in [3.63, 3.8) is 0 Å². The number of hydrogen-bond acceptors (Lipinski definition) is 2. The molecule has 2 fully saturated rings. The number of phenols is 1. The highest BCUT2D eigenvalue weighted by atomic mass is 18.2. The second-order valence-electron chi connectivity index (χ2n) is 7.54. The van der Waals surface area contributed by atoms with Crippen LogP contribution < -0.4 is 0 Å². The SMILES string of the molecule is C[C@]12CC[C@@H]3c4ccc(O)cc4CC[C@H]3[C@@H]1CC([18F])[C@@H]2O. The minimum absolute atomic E-state index is 0.241. The van der Waals surface area contributed by atoms with Crippen LogP contribution in [0.4, 0.5) is 4.39 Å². The average Bonchev–Trinajstić information content (AvgIpc) is 2.70. The van der Waals surface area contributed by atoms with E-state index in [2.05, 4.69) is 13.0 Å². The number of benzene rings is 1. The van der Waals surface area contributed by atoms with Gasteiger partial charge in [0, 0.05) is 0 Å². The van der Waals surface area contributed by atoms with Crippen molar-refractivity contribution >= 4 is 0 Å². The van der Waals surface area contributed by atoms with E-state index in [0.29, 0.717) is 29.9 Å². The first-order valence-corrected chi connectivity index (χ1v) is 8.14. The molecule has 114 valence electrons. The van der Waals surface area contributed by atoms with Gasteiger partial charge in [0.2, 0.25) is 0 Å². The molecule has 3 aliphatic rings. The summed E-state index contributed by atoms with van der Waals surface area (Å²) in [5.41, 5.74) is 2.37. The van der Waals surface area contributed by atoms with Crippen LogP contribution in [0.25, 0.3) is 0 Å². The third-order valence-electron chi connectivity index (χ3n) is 6.65. The Kier molecular flexibility index (Phi) is 2.88. The highest BCUT2D eigenvalue weighted by Crippen LogP contribution is 2.61. The molecule has 6 atom stereocenters. The van der Waals surface area contributed by atoms with Gasteiger partial charge in [-0.25, -0.2) is 4.39 Å². The van der Waals surface area contributed by atoms with Crippen molar-refractivity contribution in [2.24, 2.45) is 17.3 Å². The Morgan fingerprint density at radius 2 is 2.10 bits per heavy atom. The van der Waals surface area contributed by atoms with Gasteiger partial charge in [-0.2, -0.15) is 0 Å². The summed E-state index contributed by atoms with van der Waals surface area (Å²) in [7, 11) is 0. The lowest BCUT2D eigenvalue weighted by Crippen LogP contribution is -2.44. The Morgan fingerprint density at radius 3 is 2.90 bits per heavy atom. The molecule has 0 saturated heterocycles. The Labute approximate surface area is 125 Å². The van der Waals surface area contributed by atoms with Gasteiger partial charge in [-0.3, -0.25) is 0 Å². The minimum Gasteiger partial charge on any atom is -0.508 e. The van der Waals surface area contributed by atoms with Crippen molar-refractivity contribution in [3.8, 4) is 5.75 Å². The molecule has 1 aromatic rings. The number of halogens is 1. The van der Waals surface area contributed by atoms with Gasteiger partial charge in [0.1, 0.15) is 11.9 Å². The van der Waals surface area contributed by atoms with Crippen LogP contribution in [0.3, 0.4) is 0 Å². The maximum Gasteiger partial charge on any atom is 0.127 e. The number of aliphatic hydroxyl groups is 1. The zero-order chi connectivity index (χ0) is 14.8. The predicted octanol–water partition coefficient (Wildman–Crippen LogP) is 3.56. The maximum absolute atomic E-state index is 14.1. The maximum atomic E-state index is 14.1. The Balaban J connectivity index is 1.71. The molecule has 21 heavy (non-hydrogen) atoms. The molecule has 0 bridgehead atoms. The van der Waals surface area contributed by atoms with Crippen LogP contribution in [-0.2, 0) is 6.42 Å². The Morgan fingerprint density at radius 1 is 1.29 bits per heavy atom. The molecule has 0 radical (unpaired) electrons. The first-order chi connectivity index (χ1) is 10.0. The summed E-state index contributed by atoms with van der Waals surface area (Å²) in [6.07, 6.45) is 2.63. The molecule has 4 rings (SSSR count). The van der Waals surface area contributed by atoms with Crippen LogP contribution in [0, 0.1) is 17.3 Å². The fraction of sp³-hybridized carbons (Fsp3) is 0.667. The van der Waals surface area contributed by atoms with Crippen molar-refractivity contribution < 1.29 is 14.6 Å². The van der Waals surface area contributed by atoms with Gasteiger partial charge in [0.15, 0.2) is 0 Å². The van der Waals surface area contributed by atoms with E-state index in [4.69, 9.17) is 0 Å². The highest BCUT2D eigenvalue weighted by Gasteiger charge is 2.58. The number of aryl methyl sites for hydroxylation is 1. The molecule has 1 unspecified atom stereocenters. The molecule has 3 aliphatic carbocycles. The number of hydrogen-bond donors (Lipinski definition) is 2. The molecule has 2 saturated carbocycles. The molecule has 0 heterocycles. The first kappa shape index (κ1) is 13.6. The summed E-state index contributed by atoms with van der Waals surface area (Å²) in [5.74, 6) is 1.59. The van der Waals surface area contributed by atoms with E-state index in [1.807, 2.05) is 6.07 Å². The largest absolute Gasteiger partial charge is 0.508 e. The zero-order valence-electron chi connectivity index (χ0n) is 12.4. The van der Waals surface area contributed by atoms with E-state index in [1.54, 1.807) is 6.07 Å². The van der Waals surface area contributed by atoms with E-state index in [1.165, 1.54) is 11.1 Å². The first-order valence-electron chi connectivity index (χ1n) is 8.14. The minimum atomic E-state index is -1.06. The number of aromatic hydroxyl groups is 1. The summed E-state index contributed by atoms with van der Waals surface area (Å²) < 4.78 is 14.1. The number of phenolic OH excluding ortho intramolecular Hbond substituents is 1. The third kappa shape index (κ3) is 1.79. The summed E-state index contributed by atoms with van der Waals surface area (Å²) in [6.45, 7) is 2.09. The molecular formula is C18H23FO2. The van der Waals surface area contributed by atoms with Gasteiger partial charge in [-0.15, -0.1) is 0 Å². The van der Waals surface area contributed by atoms with Gasteiger partial charge < -0.3 is 10.2 Å². The van der Waals surface area contributed by atoms with Gasteiger partial charge >= 0.3 is 0 Å². The van der Waals surface area contributed by atoms with E-state index in [-0.39, 0.29) is 5.41 Å². The lowest BCUT2D eigenvalue weighted by atomic mass is 9.55. The van der Waals surface area contributed by atoms with Crippen molar-refractivity contribution in [2.45, 2.75) is 57.2 Å². The second kappa shape index (κ2) is 4.45. The molecular weight excluding hydrogens is 266 g/mol. The van der Waals surface area contributed by atoms with E-state index in [0.717, 1.165) is 25.7 Å². The van der Waals surface area contributed by atoms with E-state index < -0.39 is 12.3 Å². The number of rotatable bonds is 0. The van der Waals surface area contributed by atoms with Crippen LogP contribution in [-0.4, -0.2) is 22.5 Å². The molecule has 2 N–H and O–H groups in total. The van der Waals surface area contributed by atoms with Gasteiger partial charge in [0.05, 0.1) is 6.10 Å². The molecule has 3 heteroatoms. The smallest absolute Gasteiger partial charge is 0.127 e. The van der Waals surface area contributed by atoms with Crippen LogP contribution in [0.2, 0.25) is 0 Å². The third-order valence-corrected chi connectivity index (χ3v) is 6.65. The van der Waals surface area contributed by atoms with Crippen LogP contribution >= 0.6 is 0 Å². The van der Waals surface area contributed by atoms with Crippen molar-refractivity contribution in [3.05, 3.63) is 29.3 Å². The van der Waals surface area contributed by atoms with Crippen molar-refractivity contribution in [1.29, 1.82) is 0 Å². The van der Waals surface area contributed by atoms with E-state index in [9.17, 15) is 14.6 Å². The molecule has 1 aromatic carbocycles. The monoisotopic (exact) mass is 289 g/mol. The van der Waals surface area contributed by atoms with E-state index >= 15 is 0 Å². The van der Waals surface area contributed by atoms with Gasteiger partial charge in [-0.05, 0) is 78.5 Å². The van der Waals surface area contributed by atoms with Gasteiger partial charge in [-0.1, -0.05) is 13.0 Å². The summed E-state index contributed by atoms with van der Waals surface area (Å²) in [5, 5.41) is 19.9. The summed E-state index contributed by atoms with van der Waals surface area (Å²) in [6, 6.07) is 5.72. The molecule has 2 nitrogen and oxygen atoms in total. The molecule has 0 aromatic heterocycles. The number of aliphatic hydroxyl groups excluding tert-OH is 1. The standard InChI is InChI=1S/C18H23FO2/c1-18-7-6-13-12-5-3-11(20)8-10(12)2-4-14(13)15(18)9-16(19)17(18)21/h3,5,8,13-17,20-21H,2,4,6-7,9H2,1H3/t13-,14-,15+,16?,17+,18+/m1/s1/i19-1. The number of fused-ring (bicyclic) bond motifs is 5. The topological polar surface area (TPSA) is 40.5 Å². The van der Waals surface area contributed by atoms with Gasteiger partial charge in [0.25, 0.3) is 0 Å². The fourth-order valence-corrected chi connectivity index (χ4v) is 5.51. The Hall–Kier alpha value is -1.09. The second-order valence-corrected chi connectivity index (χ2v) is 7.54. The van der Waals surface area contributed by atoms with Crippen molar-refractivity contribution in [1.82, 2.24) is 0 Å². The summed E-state index contributed by atoms with van der Waals surface area (Å²) >= 11 is 0. The lowest BCUT2D eigenvalue weighted by Gasteiger charge is -2.49. The zero-order valence-corrected chi connectivity index (χ0v) is 12.4. The highest BCUT2D eigenvalue weighted by molar-refractivity contribution is 5.40.